The third kappa shape index (κ3) is 6.44. The van der Waals surface area contributed by atoms with Crippen LogP contribution in [0.4, 0.5) is 0 Å². The van der Waals surface area contributed by atoms with Crippen LogP contribution in [0.2, 0.25) is 0 Å². The smallest absolute Gasteiger partial charge is 0.308 e. The molecule has 3 atom stereocenters. The Morgan fingerprint density at radius 3 is 2.45 bits per heavy atom. The Morgan fingerprint density at radius 2 is 1.87 bits per heavy atom. The van der Waals surface area contributed by atoms with Crippen molar-refractivity contribution in [1.82, 2.24) is 0 Å². The van der Waals surface area contributed by atoms with Crippen LogP contribution in [-0.2, 0) is 10.2 Å². The number of esters is 1. The van der Waals surface area contributed by atoms with E-state index in [9.17, 15) is 9.90 Å². The van der Waals surface area contributed by atoms with Gasteiger partial charge in [0.15, 0.2) is 0 Å². The van der Waals surface area contributed by atoms with Crippen LogP contribution in [0.15, 0.2) is 23.8 Å². The second-order valence-corrected chi connectivity index (χ2v) is 10.6. The SMILES string of the molecule is CCCCCCC(C)(C)c1cc(C)c(C2C=C(C)C(O)C[C@H]2C(C)C)c(OC(C)=O)c1. The number of aryl methyl sites for hydroxylation is 1. The molecule has 0 bridgehead atoms. The first-order chi connectivity index (χ1) is 14.5. The van der Waals surface area contributed by atoms with Crippen molar-refractivity contribution in [2.75, 3.05) is 0 Å². The van der Waals surface area contributed by atoms with Gasteiger partial charge in [0, 0.05) is 18.4 Å². The summed E-state index contributed by atoms with van der Waals surface area (Å²) in [6, 6.07) is 4.41. The van der Waals surface area contributed by atoms with Gasteiger partial charge in [-0.2, -0.15) is 0 Å². The van der Waals surface area contributed by atoms with Crippen molar-refractivity contribution in [1.29, 1.82) is 0 Å². The van der Waals surface area contributed by atoms with E-state index in [0.29, 0.717) is 17.6 Å². The highest BCUT2D eigenvalue weighted by atomic mass is 16.5. The first-order valence-electron chi connectivity index (χ1n) is 12.2. The zero-order valence-electron chi connectivity index (χ0n) is 21.0. The molecule has 0 aromatic heterocycles. The van der Waals surface area contributed by atoms with Gasteiger partial charge in [0.05, 0.1) is 6.10 Å². The van der Waals surface area contributed by atoms with Crippen molar-refractivity contribution in [2.24, 2.45) is 11.8 Å². The number of hydrogen-bond acceptors (Lipinski definition) is 3. The van der Waals surface area contributed by atoms with Crippen LogP contribution >= 0.6 is 0 Å². The van der Waals surface area contributed by atoms with Gasteiger partial charge < -0.3 is 9.84 Å². The number of hydrogen-bond donors (Lipinski definition) is 1. The standard InChI is InChI=1S/C28H44O3/c1-9-10-11-12-13-28(7,8)22-14-20(5)27(26(16-22)31-21(6)29)24-15-19(4)25(30)17-23(24)18(2)3/h14-16,18,23-25,30H,9-13,17H2,1-8H3/t23-,24?,25?/m0/s1. The fourth-order valence-electron chi connectivity index (χ4n) is 5.05. The van der Waals surface area contributed by atoms with Crippen molar-refractivity contribution in [3.05, 3.63) is 40.5 Å². The maximum absolute atomic E-state index is 12.0. The van der Waals surface area contributed by atoms with Gasteiger partial charge >= 0.3 is 5.97 Å². The minimum Gasteiger partial charge on any atom is -0.426 e. The van der Waals surface area contributed by atoms with Crippen molar-refractivity contribution in [3.63, 3.8) is 0 Å². The predicted octanol–water partition coefficient (Wildman–Crippen LogP) is 7.24. The Morgan fingerprint density at radius 1 is 1.19 bits per heavy atom. The average Bonchev–Trinajstić information content (AvgIpc) is 2.66. The summed E-state index contributed by atoms with van der Waals surface area (Å²) in [6.45, 7) is 16.9. The van der Waals surface area contributed by atoms with Crippen LogP contribution in [-0.4, -0.2) is 17.2 Å². The topological polar surface area (TPSA) is 46.5 Å². The molecule has 2 rings (SSSR count). The molecule has 31 heavy (non-hydrogen) atoms. The van der Waals surface area contributed by atoms with Gasteiger partial charge in [0.25, 0.3) is 0 Å². The van der Waals surface area contributed by atoms with Crippen LogP contribution < -0.4 is 4.74 Å². The molecule has 1 aliphatic rings. The number of carbonyl (C=O) groups excluding carboxylic acids is 1. The molecule has 3 heteroatoms. The highest BCUT2D eigenvalue weighted by Gasteiger charge is 2.35. The van der Waals surface area contributed by atoms with Gasteiger partial charge in [-0.3, -0.25) is 4.79 Å². The molecule has 1 aromatic carbocycles. The number of ether oxygens (including phenoxy) is 1. The van der Waals surface area contributed by atoms with Crippen LogP contribution in [0.1, 0.15) is 110 Å². The van der Waals surface area contributed by atoms with Crippen molar-refractivity contribution >= 4 is 5.97 Å². The number of allylic oxidation sites excluding steroid dienone is 1. The quantitative estimate of drug-likeness (QED) is 0.195. The number of carbonyl (C=O) groups is 1. The summed E-state index contributed by atoms with van der Waals surface area (Å²) in [7, 11) is 0. The molecule has 174 valence electrons. The second kappa shape index (κ2) is 10.8. The summed E-state index contributed by atoms with van der Waals surface area (Å²) >= 11 is 0. The molecule has 1 aromatic rings. The lowest BCUT2D eigenvalue weighted by atomic mass is 9.69. The van der Waals surface area contributed by atoms with Crippen molar-refractivity contribution in [2.45, 2.75) is 111 Å². The first-order valence-corrected chi connectivity index (χ1v) is 12.2. The average molecular weight is 429 g/mol. The molecule has 0 radical (unpaired) electrons. The molecule has 0 spiro atoms. The largest absolute Gasteiger partial charge is 0.426 e. The van der Waals surface area contributed by atoms with E-state index in [4.69, 9.17) is 4.74 Å². The van der Waals surface area contributed by atoms with E-state index in [1.165, 1.54) is 43.7 Å². The van der Waals surface area contributed by atoms with Crippen LogP contribution in [0.5, 0.6) is 5.75 Å². The molecule has 1 aliphatic carbocycles. The maximum atomic E-state index is 12.0. The van der Waals surface area contributed by atoms with E-state index in [1.54, 1.807) is 0 Å². The third-order valence-electron chi connectivity index (χ3n) is 7.15. The Kier molecular flexibility index (Phi) is 8.94. The molecule has 3 nitrogen and oxygen atoms in total. The number of benzene rings is 1. The zero-order chi connectivity index (χ0) is 23.3. The van der Waals surface area contributed by atoms with Crippen LogP contribution in [0, 0.1) is 18.8 Å². The molecule has 1 N–H and O–H groups in total. The monoisotopic (exact) mass is 428 g/mol. The summed E-state index contributed by atoms with van der Waals surface area (Å²) in [6.07, 6.45) is 8.67. The Labute approximate surface area is 190 Å². The lowest BCUT2D eigenvalue weighted by Gasteiger charge is -2.37. The number of aliphatic hydroxyl groups is 1. The summed E-state index contributed by atoms with van der Waals surface area (Å²) in [5, 5.41) is 10.5. The fraction of sp³-hybridized carbons (Fsp3) is 0.679. The molecule has 0 aliphatic heterocycles. The zero-order valence-corrected chi connectivity index (χ0v) is 21.0. The summed E-state index contributed by atoms with van der Waals surface area (Å²) in [5.74, 6) is 1.28. The van der Waals surface area contributed by atoms with Gasteiger partial charge in [-0.1, -0.05) is 72.4 Å². The van der Waals surface area contributed by atoms with Gasteiger partial charge in [-0.25, -0.2) is 0 Å². The molecular formula is C28H44O3. The van der Waals surface area contributed by atoms with Gasteiger partial charge in [-0.15, -0.1) is 0 Å². The highest BCUT2D eigenvalue weighted by Crippen LogP contribution is 2.46. The Hall–Kier alpha value is -1.61. The summed E-state index contributed by atoms with van der Waals surface area (Å²) < 4.78 is 5.82. The highest BCUT2D eigenvalue weighted by molar-refractivity contribution is 5.70. The minimum absolute atomic E-state index is 0.0257. The molecule has 0 amide bonds. The maximum Gasteiger partial charge on any atom is 0.308 e. The molecule has 0 saturated heterocycles. The minimum atomic E-state index is -0.387. The number of unbranched alkanes of at least 4 members (excludes halogenated alkanes) is 3. The Balaban J connectivity index is 2.52. The number of aliphatic hydroxyl groups excluding tert-OH is 1. The molecule has 0 heterocycles. The molecule has 2 unspecified atom stereocenters. The van der Waals surface area contributed by atoms with Crippen LogP contribution in [0.3, 0.4) is 0 Å². The van der Waals surface area contributed by atoms with Gasteiger partial charge in [0.1, 0.15) is 5.75 Å². The molecule has 0 saturated carbocycles. The molecular weight excluding hydrogens is 384 g/mol. The van der Waals surface area contributed by atoms with E-state index >= 15 is 0 Å². The van der Waals surface area contributed by atoms with Crippen molar-refractivity contribution < 1.29 is 14.6 Å². The van der Waals surface area contributed by atoms with E-state index in [1.807, 2.05) is 6.92 Å². The van der Waals surface area contributed by atoms with Gasteiger partial charge in [0.2, 0.25) is 0 Å². The van der Waals surface area contributed by atoms with Gasteiger partial charge in [-0.05, 0) is 66.7 Å². The Bertz CT molecular complexity index is 788. The second-order valence-electron chi connectivity index (χ2n) is 10.6. The van der Waals surface area contributed by atoms with E-state index in [0.717, 1.165) is 24.0 Å². The summed E-state index contributed by atoms with van der Waals surface area (Å²) in [5.41, 5.74) is 4.55. The van der Waals surface area contributed by atoms with Crippen molar-refractivity contribution in [3.8, 4) is 5.75 Å². The third-order valence-corrected chi connectivity index (χ3v) is 7.15. The first kappa shape index (κ1) is 25.6. The molecule has 0 fully saturated rings. The van der Waals surface area contributed by atoms with E-state index < -0.39 is 0 Å². The number of rotatable bonds is 9. The lowest BCUT2D eigenvalue weighted by molar-refractivity contribution is -0.131. The fourth-order valence-corrected chi connectivity index (χ4v) is 5.05. The predicted molar refractivity (Wildman–Crippen MR) is 130 cm³/mol. The summed E-state index contributed by atoms with van der Waals surface area (Å²) in [4.78, 5) is 12.0. The van der Waals surface area contributed by atoms with Crippen LogP contribution in [0.25, 0.3) is 0 Å². The van der Waals surface area contributed by atoms with E-state index in [-0.39, 0.29) is 23.4 Å². The normalized spacial score (nSPS) is 21.9. The lowest BCUT2D eigenvalue weighted by Crippen LogP contribution is -2.29. The van der Waals surface area contributed by atoms with E-state index in [2.05, 4.69) is 59.8 Å².